The van der Waals surface area contributed by atoms with Crippen molar-refractivity contribution < 1.29 is 4.42 Å². The molecule has 11 rings (SSSR count). The molecular formula is C60H59BN2O. The maximum absolute atomic E-state index is 7.46. The molecule has 4 heteroatoms. The first-order chi connectivity index (χ1) is 30.5. The molecule has 0 amide bonds. The second-order valence-electron chi connectivity index (χ2n) is 22.1. The number of anilines is 6. The lowest BCUT2D eigenvalue weighted by molar-refractivity contribution is 0.332. The van der Waals surface area contributed by atoms with E-state index in [1.807, 2.05) is 0 Å². The normalized spacial score (nSPS) is 16.0. The van der Waals surface area contributed by atoms with E-state index in [4.69, 9.17) is 4.42 Å². The third-order valence-corrected chi connectivity index (χ3v) is 14.8. The van der Waals surface area contributed by atoms with E-state index in [2.05, 4.69) is 231 Å². The van der Waals surface area contributed by atoms with Gasteiger partial charge in [-0.3, -0.25) is 4.90 Å². The third-order valence-electron chi connectivity index (χ3n) is 14.8. The van der Waals surface area contributed by atoms with Gasteiger partial charge in [-0.05, 0) is 145 Å². The molecule has 1 aliphatic carbocycles. The van der Waals surface area contributed by atoms with Crippen LogP contribution in [0.15, 0.2) is 156 Å². The third kappa shape index (κ3) is 6.39. The molecule has 0 saturated heterocycles. The molecule has 3 aliphatic rings. The van der Waals surface area contributed by atoms with Crippen molar-refractivity contribution >= 4 is 68.4 Å². The number of furan rings is 1. The van der Waals surface area contributed by atoms with Crippen LogP contribution < -0.4 is 26.2 Å². The predicted molar refractivity (Wildman–Crippen MR) is 274 cm³/mol. The van der Waals surface area contributed by atoms with Crippen LogP contribution in [-0.2, 0) is 21.7 Å². The summed E-state index contributed by atoms with van der Waals surface area (Å²) < 4.78 is 7.46. The molecule has 0 unspecified atom stereocenters. The molecule has 0 saturated carbocycles. The van der Waals surface area contributed by atoms with E-state index in [1.54, 1.807) is 0 Å². The molecule has 1 aromatic heterocycles. The molecule has 2 aliphatic heterocycles. The van der Waals surface area contributed by atoms with Gasteiger partial charge < -0.3 is 9.32 Å². The van der Waals surface area contributed by atoms with Crippen molar-refractivity contribution in [3.05, 3.63) is 174 Å². The number of hydrogen-bond donors (Lipinski definition) is 0. The van der Waals surface area contributed by atoms with Gasteiger partial charge in [-0.1, -0.05) is 166 Å². The maximum atomic E-state index is 7.46. The Morgan fingerprint density at radius 3 is 1.64 bits per heavy atom. The van der Waals surface area contributed by atoms with Gasteiger partial charge in [0.15, 0.2) is 0 Å². The van der Waals surface area contributed by atoms with Crippen LogP contribution >= 0.6 is 0 Å². The van der Waals surface area contributed by atoms with Gasteiger partial charge >= 0.3 is 0 Å². The van der Waals surface area contributed by atoms with Gasteiger partial charge in [-0.25, -0.2) is 0 Å². The Kier molecular flexibility index (Phi) is 8.94. The number of nitrogens with zero attached hydrogens (tertiary/aromatic N) is 2. The van der Waals surface area contributed by atoms with Crippen molar-refractivity contribution in [1.29, 1.82) is 0 Å². The smallest absolute Gasteiger partial charge is 0.257 e. The zero-order chi connectivity index (χ0) is 44.5. The van der Waals surface area contributed by atoms with Crippen LogP contribution in [0.3, 0.4) is 0 Å². The van der Waals surface area contributed by atoms with E-state index < -0.39 is 0 Å². The summed E-state index contributed by atoms with van der Waals surface area (Å²) in [4.78, 5) is 5.03. The predicted octanol–water partition coefficient (Wildman–Crippen LogP) is 14.8. The average molecular weight is 835 g/mol. The van der Waals surface area contributed by atoms with Gasteiger partial charge in [0.25, 0.3) is 6.71 Å². The highest BCUT2D eigenvalue weighted by Gasteiger charge is 2.48. The fourth-order valence-corrected chi connectivity index (χ4v) is 10.9. The lowest BCUT2D eigenvalue weighted by Crippen LogP contribution is -2.61. The van der Waals surface area contributed by atoms with Gasteiger partial charge in [-0.15, -0.1) is 0 Å². The molecule has 0 atom stereocenters. The van der Waals surface area contributed by atoms with E-state index in [1.165, 1.54) is 83.3 Å². The van der Waals surface area contributed by atoms with Crippen LogP contribution in [0.2, 0.25) is 0 Å². The van der Waals surface area contributed by atoms with Crippen LogP contribution in [0.5, 0.6) is 0 Å². The zero-order valence-electron chi connectivity index (χ0n) is 39.2. The number of rotatable bonds is 4. The summed E-state index contributed by atoms with van der Waals surface area (Å²) >= 11 is 0. The Hall–Kier alpha value is -6.26. The van der Waals surface area contributed by atoms with E-state index in [0.717, 1.165) is 35.7 Å². The molecule has 8 aromatic rings. The minimum atomic E-state index is -0.142. The molecule has 318 valence electrons. The standard InChI is InChI=1S/C60H59BN2O/c1-57(2,3)42-25-27-44(28-26-42)63-52-35-43(58(4,5)6)34-51-55(52)61(54-46-36-47-48(37-53(46)64-56(54)63)60(9,10)31-30-59(47,7)8)49-29-24-41(39-20-15-12-16-21-39)33-50(49)62(51)45-23-17-22-40(32-45)38-18-13-11-14-19-38/h11-29,32-37H,30-31H2,1-10H3. The van der Waals surface area contributed by atoms with Gasteiger partial charge in [0, 0.05) is 39.3 Å². The Morgan fingerprint density at radius 1 is 0.469 bits per heavy atom. The quantitative estimate of drug-likeness (QED) is 0.165. The molecular weight excluding hydrogens is 775 g/mol. The minimum Gasteiger partial charge on any atom is -0.440 e. The molecule has 0 spiro atoms. The fourth-order valence-electron chi connectivity index (χ4n) is 10.9. The molecule has 64 heavy (non-hydrogen) atoms. The second-order valence-corrected chi connectivity index (χ2v) is 22.1. The van der Waals surface area contributed by atoms with E-state index in [9.17, 15) is 0 Å². The molecule has 0 bridgehead atoms. The zero-order valence-corrected chi connectivity index (χ0v) is 39.2. The first-order valence-electron chi connectivity index (χ1n) is 23.3. The number of benzene rings is 7. The molecule has 3 nitrogen and oxygen atoms in total. The SMILES string of the molecule is CC(C)(C)c1ccc(N2c3cc(C(C)(C)C)cc4c3B(c3ccc(-c5ccccc5)cc3N4c3cccc(-c4ccccc4)c3)c3c2oc2cc4c(cc32)C(C)(C)CCC4(C)C)cc1. The molecule has 0 fully saturated rings. The van der Waals surface area contributed by atoms with Crippen LogP contribution in [0.1, 0.15) is 104 Å². The lowest BCUT2D eigenvalue weighted by Gasteiger charge is -2.44. The number of hydrogen-bond acceptors (Lipinski definition) is 3. The molecule has 3 heterocycles. The second kappa shape index (κ2) is 14.1. The van der Waals surface area contributed by atoms with Crippen LogP contribution in [0.4, 0.5) is 34.3 Å². The van der Waals surface area contributed by atoms with Crippen molar-refractivity contribution in [3.63, 3.8) is 0 Å². The van der Waals surface area contributed by atoms with Crippen molar-refractivity contribution in [3.8, 4) is 22.3 Å². The number of fused-ring (bicyclic) bond motifs is 7. The molecule has 7 aromatic carbocycles. The van der Waals surface area contributed by atoms with Crippen LogP contribution in [0.25, 0.3) is 33.2 Å². The Balaban J connectivity index is 1.27. The Morgan fingerprint density at radius 2 is 1.03 bits per heavy atom. The van der Waals surface area contributed by atoms with E-state index in [0.29, 0.717) is 0 Å². The topological polar surface area (TPSA) is 19.6 Å². The highest BCUT2D eigenvalue weighted by atomic mass is 16.4. The van der Waals surface area contributed by atoms with Crippen molar-refractivity contribution in [2.24, 2.45) is 0 Å². The van der Waals surface area contributed by atoms with Gasteiger partial charge in [0.05, 0.1) is 0 Å². The van der Waals surface area contributed by atoms with Crippen molar-refractivity contribution in [2.45, 2.75) is 104 Å². The maximum Gasteiger partial charge on any atom is 0.257 e. The minimum absolute atomic E-state index is 0.0249. The first-order valence-corrected chi connectivity index (χ1v) is 23.3. The summed E-state index contributed by atoms with van der Waals surface area (Å²) in [6.45, 7) is 23.5. The summed E-state index contributed by atoms with van der Waals surface area (Å²) in [5.41, 5.74) is 20.9. The summed E-state index contributed by atoms with van der Waals surface area (Å²) in [6.07, 6.45) is 2.30. The fraction of sp³-hybridized carbons (Fsp3) is 0.267. The Labute approximate surface area is 380 Å². The highest BCUT2D eigenvalue weighted by Crippen LogP contribution is 2.51. The highest BCUT2D eigenvalue weighted by molar-refractivity contribution is 7.01. The van der Waals surface area contributed by atoms with Crippen LogP contribution in [-0.4, -0.2) is 6.71 Å². The van der Waals surface area contributed by atoms with Crippen molar-refractivity contribution in [1.82, 2.24) is 0 Å². The van der Waals surface area contributed by atoms with Gasteiger partial charge in [0.2, 0.25) is 5.88 Å². The molecule has 0 radical (unpaired) electrons. The first kappa shape index (κ1) is 40.5. The molecule has 0 N–H and O–H groups in total. The van der Waals surface area contributed by atoms with Gasteiger partial charge in [-0.2, -0.15) is 0 Å². The summed E-state index contributed by atoms with van der Waals surface area (Å²) in [5.74, 6) is 0.920. The largest absolute Gasteiger partial charge is 0.440 e. The van der Waals surface area contributed by atoms with E-state index in [-0.39, 0.29) is 28.4 Å². The Bertz CT molecular complexity index is 3120. The monoisotopic (exact) mass is 834 g/mol. The van der Waals surface area contributed by atoms with Crippen molar-refractivity contribution in [2.75, 3.05) is 9.80 Å². The summed E-state index contributed by atoms with van der Waals surface area (Å²) in [7, 11) is 0. The van der Waals surface area contributed by atoms with Crippen LogP contribution in [0, 0.1) is 0 Å². The average Bonchev–Trinajstić information content (AvgIpc) is 3.65. The summed E-state index contributed by atoms with van der Waals surface area (Å²) in [5, 5.41) is 1.22. The summed E-state index contributed by atoms with van der Waals surface area (Å²) in [6, 6.07) is 57.2. The van der Waals surface area contributed by atoms with Gasteiger partial charge in [0.1, 0.15) is 5.58 Å². The lowest BCUT2D eigenvalue weighted by atomic mass is 9.33. The van der Waals surface area contributed by atoms with E-state index >= 15 is 0 Å².